The van der Waals surface area contributed by atoms with Crippen molar-refractivity contribution in [2.24, 2.45) is 0 Å². The third-order valence-electron chi connectivity index (χ3n) is 5.65. The second kappa shape index (κ2) is 7.07. The van der Waals surface area contributed by atoms with Crippen molar-refractivity contribution in [1.29, 1.82) is 0 Å². The molecule has 5 rings (SSSR count). The van der Waals surface area contributed by atoms with Gasteiger partial charge in [-0.05, 0) is 47.6 Å². The average Bonchev–Trinajstić information content (AvgIpc) is 3.36. The molecule has 2 aliphatic rings. The second-order valence-corrected chi connectivity index (χ2v) is 10.7. The van der Waals surface area contributed by atoms with Gasteiger partial charge in [0.1, 0.15) is 0 Å². The quantitative estimate of drug-likeness (QED) is 0.630. The van der Waals surface area contributed by atoms with E-state index in [1.54, 1.807) is 16.2 Å². The minimum absolute atomic E-state index is 0.0352. The summed E-state index contributed by atoms with van der Waals surface area (Å²) >= 11 is 1.68. The molecule has 0 atom stereocenters. The number of para-hydroxylation sites is 1. The molecule has 7 heteroatoms. The van der Waals surface area contributed by atoms with Gasteiger partial charge in [-0.3, -0.25) is 4.79 Å². The third-order valence-corrected chi connectivity index (χ3v) is 8.08. The van der Waals surface area contributed by atoms with E-state index in [9.17, 15) is 13.2 Å². The molecule has 1 saturated heterocycles. The van der Waals surface area contributed by atoms with Gasteiger partial charge >= 0.3 is 0 Å². The summed E-state index contributed by atoms with van der Waals surface area (Å²) in [6, 6.07) is 11.8. The maximum atomic E-state index is 13.5. The molecular weight excluding hydrogens is 404 g/mol. The van der Waals surface area contributed by atoms with Crippen LogP contribution in [0.15, 0.2) is 41.8 Å². The molecule has 1 fully saturated rings. The van der Waals surface area contributed by atoms with Crippen molar-refractivity contribution in [1.82, 2.24) is 9.88 Å². The van der Waals surface area contributed by atoms with Crippen molar-refractivity contribution in [2.75, 3.05) is 24.6 Å². The van der Waals surface area contributed by atoms with Crippen LogP contribution in [0.5, 0.6) is 0 Å². The zero-order valence-corrected chi connectivity index (χ0v) is 17.4. The Morgan fingerprint density at radius 1 is 1.07 bits per heavy atom. The van der Waals surface area contributed by atoms with Gasteiger partial charge in [0.2, 0.25) is 0 Å². The Labute approximate surface area is 173 Å². The predicted octanol–water partition coefficient (Wildman–Crippen LogP) is 3.65. The topological polar surface area (TPSA) is 67.3 Å². The number of carbonyl (C=O) groups excluding carboxylic acids is 1. The standard InChI is InChI=1S/C22H20N2O3S2/c25-22(24-9-12-29(26,27)13-10-24)20-17-5-1-2-6-19(17)23-21-15(7-8-18(20)21)14-16-4-3-11-28-16/h1-6,11,14H,7-10,12-13H2/b15-14-. The molecule has 1 aliphatic carbocycles. The van der Waals surface area contributed by atoms with Gasteiger partial charge in [0, 0.05) is 23.4 Å². The van der Waals surface area contributed by atoms with Crippen molar-refractivity contribution in [3.05, 3.63) is 63.5 Å². The van der Waals surface area contributed by atoms with E-state index in [1.165, 1.54) is 4.88 Å². The SMILES string of the molecule is O=C(c1c2c(nc3ccccc13)/C(=C\c1cccs1)CC2)N1CCS(=O)(=O)CC1. The van der Waals surface area contributed by atoms with Crippen LogP contribution in [0.25, 0.3) is 22.6 Å². The van der Waals surface area contributed by atoms with E-state index in [4.69, 9.17) is 4.98 Å². The molecule has 1 aromatic carbocycles. The molecule has 0 saturated carbocycles. The minimum atomic E-state index is -3.04. The number of amides is 1. The fraction of sp³-hybridized carbons (Fsp3) is 0.273. The van der Waals surface area contributed by atoms with E-state index in [2.05, 4.69) is 17.5 Å². The lowest BCUT2D eigenvalue weighted by Gasteiger charge is -2.28. The van der Waals surface area contributed by atoms with Crippen LogP contribution >= 0.6 is 11.3 Å². The smallest absolute Gasteiger partial charge is 0.254 e. The highest BCUT2D eigenvalue weighted by molar-refractivity contribution is 7.91. The van der Waals surface area contributed by atoms with Gasteiger partial charge in [-0.2, -0.15) is 0 Å². The van der Waals surface area contributed by atoms with Crippen molar-refractivity contribution < 1.29 is 13.2 Å². The summed E-state index contributed by atoms with van der Waals surface area (Å²) < 4.78 is 23.6. The van der Waals surface area contributed by atoms with Gasteiger partial charge in [-0.1, -0.05) is 24.3 Å². The van der Waals surface area contributed by atoms with E-state index in [0.29, 0.717) is 5.56 Å². The van der Waals surface area contributed by atoms with Crippen LogP contribution in [-0.4, -0.2) is 48.8 Å². The Balaban J connectivity index is 1.63. The van der Waals surface area contributed by atoms with E-state index < -0.39 is 9.84 Å². The van der Waals surface area contributed by atoms with Crippen LogP contribution in [0, 0.1) is 0 Å². The molecule has 0 bridgehead atoms. The van der Waals surface area contributed by atoms with Crippen LogP contribution in [0.2, 0.25) is 0 Å². The van der Waals surface area contributed by atoms with E-state index in [-0.39, 0.29) is 30.5 Å². The molecule has 0 radical (unpaired) electrons. The highest BCUT2D eigenvalue weighted by Crippen LogP contribution is 2.38. The minimum Gasteiger partial charge on any atom is -0.337 e. The molecule has 29 heavy (non-hydrogen) atoms. The predicted molar refractivity (Wildman–Crippen MR) is 117 cm³/mol. The number of benzene rings is 1. The lowest BCUT2D eigenvalue weighted by atomic mass is 9.99. The summed E-state index contributed by atoms with van der Waals surface area (Å²) in [5.41, 5.74) is 4.55. The van der Waals surface area contributed by atoms with Gasteiger partial charge in [0.15, 0.2) is 9.84 Å². The summed E-state index contributed by atoms with van der Waals surface area (Å²) in [7, 11) is -3.04. The molecular formula is C22H20N2O3S2. The highest BCUT2D eigenvalue weighted by Gasteiger charge is 2.31. The van der Waals surface area contributed by atoms with Crippen LogP contribution in [-0.2, 0) is 16.3 Å². The molecule has 3 aromatic rings. The first-order valence-corrected chi connectivity index (χ1v) is 12.4. The Hall–Kier alpha value is -2.51. The number of aromatic nitrogens is 1. The molecule has 0 spiro atoms. The maximum absolute atomic E-state index is 13.5. The van der Waals surface area contributed by atoms with Crippen LogP contribution in [0.3, 0.4) is 0 Å². The number of pyridine rings is 1. The number of thiophene rings is 1. The van der Waals surface area contributed by atoms with Crippen molar-refractivity contribution in [3.63, 3.8) is 0 Å². The first-order valence-electron chi connectivity index (χ1n) is 9.68. The number of allylic oxidation sites excluding steroid dienone is 1. The van der Waals surface area contributed by atoms with E-state index in [1.807, 2.05) is 30.3 Å². The Morgan fingerprint density at radius 2 is 1.86 bits per heavy atom. The molecule has 0 unspecified atom stereocenters. The van der Waals surface area contributed by atoms with Crippen LogP contribution < -0.4 is 0 Å². The number of carbonyl (C=O) groups is 1. The van der Waals surface area contributed by atoms with E-state index >= 15 is 0 Å². The van der Waals surface area contributed by atoms with Gasteiger partial charge in [-0.25, -0.2) is 13.4 Å². The lowest BCUT2D eigenvalue weighted by molar-refractivity contribution is 0.0771. The van der Waals surface area contributed by atoms with Gasteiger partial charge in [0.25, 0.3) is 5.91 Å². The Bertz CT molecular complexity index is 1230. The Morgan fingerprint density at radius 3 is 2.62 bits per heavy atom. The van der Waals surface area contributed by atoms with Crippen molar-refractivity contribution in [3.8, 4) is 0 Å². The number of hydrogen-bond donors (Lipinski definition) is 0. The van der Waals surface area contributed by atoms with Gasteiger partial charge in [-0.15, -0.1) is 11.3 Å². The molecule has 3 heterocycles. The van der Waals surface area contributed by atoms with Crippen LogP contribution in [0.4, 0.5) is 0 Å². The number of fused-ring (bicyclic) bond motifs is 2. The molecule has 0 N–H and O–H groups in total. The second-order valence-electron chi connectivity index (χ2n) is 7.46. The number of hydrogen-bond acceptors (Lipinski definition) is 5. The lowest BCUT2D eigenvalue weighted by Crippen LogP contribution is -2.44. The first-order chi connectivity index (χ1) is 14.0. The number of sulfone groups is 1. The van der Waals surface area contributed by atoms with Gasteiger partial charge < -0.3 is 4.90 Å². The summed E-state index contributed by atoms with van der Waals surface area (Å²) in [5.74, 6) is -0.00635. The highest BCUT2D eigenvalue weighted by atomic mass is 32.2. The normalized spacial score (nSPS) is 19.6. The monoisotopic (exact) mass is 424 g/mol. The van der Waals surface area contributed by atoms with E-state index in [0.717, 1.165) is 40.6 Å². The zero-order chi connectivity index (χ0) is 20.0. The summed E-state index contributed by atoms with van der Waals surface area (Å²) in [5, 5.41) is 2.90. The zero-order valence-electron chi connectivity index (χ0n) is 15.8. The summed E-state index contributed by atoms with van der Waals surface area (Å²) in [6.45, 7) is 0.509. The fourth-order valence-electron chi connectivity index (χ4n) is 4.14. The Kier molecular flexibility index (Phi) is 4.52. The largest absolute Gasteiger partial charge is 0.337 e. The first kappa shape index (κ1) is 18.5. The number of rotatable bonds is 2. The third kappa shape index (κ3) is 3.38. The summed E-state index contributed by atoms with van der Waals surface area (Å²) in [6.07, 6.45) is 3.79. The molecule has 5 nitrogen and oxygen atoms in total. The molecule has 2 aromatic heterocycles. The molecule has 148 valence electrons. The maximum Gasteiger partial charge on any atom is 0.254 e. The van der Waals surface area contributed by atoms with Crippen molar-refractivity contribution in [2.45, 2.75) is 12.8 Å². The van der Waals surface area contributed by atoms with Crippen molar-refractivity contribution >= 4 is 49.6 Å². The van der Waals surface area contributed by atoms with Gasteiger partial charge in [0.05, 0.1) is 28.3 Å². The fourth-order valence-corrected chi connectivity index (χ4v) is 6.03. The van der Waals surface area contributed by atoms with Crippen LogP contribution in [0.1, 0.15) is 32.9 Å². The number of nitrogens with zero attached hydrogens (tertiary/aromatic N) is 2. The molecule has 1 aliphatic heterocycles. The summed E-state index contributed by atoms with van der Waals surface area (Å²) in [4.78, 5) is 21.3. The average molecular weight is 425 g/mol. The molecule has 1 amide bonds.